The molecule has 4 heteroatoms. The molecule has 0 aliphatic rings. The second-order valence-corrected chi connectivity index (χ2v) is 6.83. The first-order chi connectivity index (χ1) is 9.60. The monoisotopic (exact) mass is 294 g/mol. The first-order valence-electron chi connectivity index (χ1n) is 6.84. The van der Waals surface area contributed by atoms with Gasteiger partial charge in [0.05, 0.1) is 0 Å². The number of carboxylic acids is 1. The maximum atomic E-state index is 10.4. The number of aliphatic carboxylic acids is 1. The molecule has 0 fully saturated rings. The zero-order valence-electron chi connectivity index (χ0n) is 13.6. The number of carbonyl (C=O) groups excluding carboxylic acids is 1. The minimum Gasteiger partial charge on any atom is -0.482 e. The van der Waals surface area contributed by atoms with Crippen LogP contribution in [0.15, 0.2) is 24.3 Å². The van der Waals surface area contributed by atoms with Gasteiger partial charge in [0.25, 0.3) is 0 Å². The molecule has 1 aromatic carbocycles. The van der Waals surface area contributed by atoms with Crippen molar-refractivity contribution >= 4 is 12.8 Å². The number of benzene rings is 1. The molecule has 4 nitrogen and oxygen atoms in total. The molecule has 21 heavy (non-hydrogen) atoms. The summed E-state index contributed by atoms with van der Waals surface area (Å²) in [6.45, 7) is 12.9. The summed E-state index contributed by atoms with van der Waals surface area (Å²) >= 11 is 0. The van der Waals surface area contributed by atoms with E-state index < -0.39 is 5.97 Å². The predicted octanol–water partition coefficient (Wildman–Crippen LogP) is 3.68. The highest BCUT2D eigenvalue weighted by Gasteiger charge is 2.27. The van der Waals surface area contributed by atoms with Gasteiger partial charge in [-0.05, 0) is 34.9 Å². The van der Waals surface area contributed by atoms with Gasteiger partial charge < -0.3 is 14.6 Å². The summed E-state index contributed by atoms with van der Waals surface area (Å²) in [4.78, 5) is 18.4. The van der Waals surface area contributed by atoms with Crippen molar-refractivity contribution in [3.63, 3.8) is 0 Å². The van der Waals surface area contributed by atoms with E-state index in [1.54, 1.807) is 0 Å². The van der Waals surface area contributed by atoms with Crippen LogP contribution >= 0.6 is 0 Å². The largest absolute Gasteiger partial charge is 0.482 e. The van der Waals surface area contributed by atoms with E-state index in [-0.39, 0.29) is 17.4 Å². The molecule has 0 aromatic heterocycles. The van der Waals surface area contributed by atoms with E-state index in [0.29, 0.717) is 5.75 Å². The van der Waals surface area contributed by atoms with Crippen molar-refractivity contribution in [2.24, 2.45) is 5.41 Å². The van der Waals surface area contributed by atoms with Crippen molar-refractivity contribution in [3.05, 3.63) is 29.8 Å². The van der Waals surface area contributed by atoms with Crippen LogP contribution in [-0.2, 0) is 15.0 Å². The van der Waals surface area contributed by atoms with Crippen LogP contribution in [0, 0.1) is 5.41 Å². The summed E-state index contributed by atoms with van der Waals surface area (Å²) in [5, 5.41) is 8.56. The lowest BCUT2D eigenvalue weighted by Gasteiger charge is -2.33. The maximum Gasteiger partial charge on any atom is 0.341 e. The average Bonchev–Trinajstić information content (AvgIpc) is 2.36. The van der Waals surface area contributed by atoms with Gasteiger partial charge in [0.1, 0.15) is 12.5 Å². The molecule has 118 valence electrons. The molecule has 0 saturated heterocycles. The van der Waals surface area contributed by atoms with Crippen molar-refractivity contribution in [1.82, 2.24) is 0 Å². The summed E-state index contributed by atoms with van der Waals surface area (Å²) in [6, 6.07) is 7.71. The number of carbonyl (C=O) groups is 2. The van der Waals surface area contributed by atoms with Gasteiger partial charge in [-0.1, -0.05) is 46.8 Å². The zero-order valence-corrected chi connectivity index (χ0v) is 13.6. The van der Waals surface area contributed by atoms with Crippen molar-refractivity contribution < 1.29 is 19.4 Å². The Kier molecular flexibility index (Phi) is 7.13. The lowest BCUT2D eigenvalue weighted by Crippen LogP contribution is -2.24. The molecular formula is C17H26O4. The molecule has 0 amide bonds. The van der Waals surface area contributed by atoms with Gasteiger partial charge in [-0.15, -0.1) is 0 Å². The Morgan fingerprint density at radius 2 is 1.57 bits per heavy atom. The Balaban J connectivity index is 0.00000191. The topological polar surface area (TPSA) is 63.6 Å². The van der Waals surface area contributed by atoms with Crippen LogP contribution in [0.25, 0.3) is 0 Å². The highest BCUT2D eigenvalue weighted by molar-refractivity contribution is 5.68. The highest BCUT2D eigenvalue weighted by Crippen LogP contribution is 2.36. The Bertz CT molecular complexity index is 441. The fourth-order valence-electron chi connectivity index (χ4n) is 2.58. The van der Waals surface area contributed by atoms with Crippen LogP contribution in [0.3, 0.4) is 0 Å². The Morgan fingerprint density at radius 1 is 1.10 bits per heavy atom. The number of ether oxygens (including phenoxy) is 1. The molecular weight excluding hydrogens is 268 g/mol. The third kappa shape index (κ3) is 7.49. The summed E-state index contributed by atoms with van der Waals surface area (Å²) in [5.74, 6) is -0.366. The Labute approximate surface area is 127 Å². The van der Waals surface area contributed by atoms with E-state index >= 15 is 0 Å². The minimum atomic E-state index is -0.961. The molecule has 0 saturated carbocycles. The van der Waals surface area contributed by atoms with E-state index in [2.05, 4.69) is 34.6 Å². The smallest absolute Gasteiger partial charge is 0.341 e. The SMILES string of the molecule is C=O.CC(C)(C)CC(C)(C)c1ccc(OCC(=O)O)cc1. The van der Waals surface area contributed by atoms with Crippen molar-refractivity contribution in [2.45, 2.75) is 46.5 Å². The van der Waals surface area contributed by atoms with Crippen LogP contribution in [0.5, 0.6) is 5.75 Å². The molecule has 0 spiro atoms. The van der Waals surface area contributed by atoms with Gasteiger partial charge in [-0.25, -0.2) is 4.79 Å². The molecule has 0 bridgehead atoms. The molecule has 1 rings (SSSR count). The summed E-state index contributed by atoms with van der Waals surface area (Å²) in [5.41, 5.74) is 1.59. The van der Waals surface area contributed by atoms with Gasteiger partial charge in [-0.3, -0.25) is 0 Å². The zero-order chi connectivity index (χ0) is 16.7. The molecule has 0 unspecified atom stereocenters. The van der Waals surface area contributed by atoms with E-state index in [0.717, 1.165) is 6.42 Å². The molecule has 0 radical (unpaired) electrons. The molecule has 0 aliphatic heterocycles. The predicted molar refractivity (Wildman–Crippen MR) is 83.8 cm³/mol. The summed E-state index contributed by atoms with van der Waals surface area (Å²) in [6.07, 6.45) is 1.08. The van der Waals surface area contributed by atoms with Gasteiger partial charge in [0.2, 0.25) is 0 Å². The summed E-state index contributed by atoms with van der Waals surface area (Å²) in [7, 11) is 0. The lowest BCUT2D eigenvalue weighted by atomic mass is 9.72. The number of hydrogen-bond acceptors (Lipinski definition) is 3. The van der Waals surface area contributed by atoms with E-state index in [9.17, 15) is 4.79 Å². The second-order valence-electron chi connectivity index (χ2n) is 6.83. The van der Waals surface area contributed by atoms with Gasteiger partial charge in [0.15, 0.2) is 6.61 Å². The first kappa shape index (κ1) is 19.2. The first-order valence-corrected chi connectivity index (χ1v) is 6.84. The number of carboxylic acid groups (broad SMARTS) is 1. The third-order valence-corrected chi connectivity index (χ3v) is 2.97. The van der Waals surface area contributed by atoms with Crippen LogP contribution in [0.1, 0.15) is 46.6 Å². The molecule has 1 N–H and O–H groups in total. The number of rotatable bonds is 5. The van der Waals surface area contributed by atoms with Crippen LogP contribution < -0.4 is 4.74 Å². The minimum absolute atomic E-state index is 0.0869. The lowest BCUT2D eigenvalue weighted by molar-refractivity contribution is -0.139. The van der Waals surface area contributed by atoms with Crippen molar-refractivity contribution in [3.8, 4) is 5.75 Å². The van der Waals surface area contributed by atoms with Crippen LogP contribution in [0.4, 0.5) is 0 Å². The van der Waals surface area contributed by atoms with Crippen LogP contribution in [0.2, 0.25) is 0 Å². The van der Waals surface area contributed by atoms with Crippen molar-refractivity contribution in [2.75, 3.05) is 6.61 Å². The second kappa shape index (κ2) is 7.81. The Hall–Kier alpha value is -1.84. The molecule has 0 heterocycles. The molecule has 0 atom stereocenters. The fraction of sp³-hybridized carbons (Fsp3) is 0.529. The standard InChI is InChI=1S/C16H24O3.CH2O/c1-15(2,3)11-16(4,5)12-6-8-13(9-7-12)19-10-14(17)18;1-2/h6-9H,10-11H2,1-5H3,(H,17,18);1H2. The highest BCUT2D eigenvalue weighted by atomic mass is 16.5. The fourth-order valence-corrected chi connectivity index (χ4v) is 2.58. The van der Waals surface area contributed by atoms with Gasteiger partial charge >= 0.3 is 5.97 Å². The number of hydrogen-bond donors (Lipinski definition) is 1. The van der Waals surface area contributed by atoms with E-state index in [1.165, 1.54) is 5.56 Å². The van der Waals surface area contributed by atoms with Gasteiger partial charge in [0, 0.05) is 0 Å². The molecule has 1 aromatic rings. The van der Waals surface area contributed by atoms with Crippen molar-refractivity contribution in [1.29, 1.82) is 0 Å². The third-order valence-electron chi connectivity index (χ3n) is 2.97. The quantitative estimate of drug-likeness (QED) is 0.899. The van der Waals surface area contributed by atoms with Gasteiger partial charge in [-0.2, -0.15) is 0 Å². The van der Waals surface area contributed by atoms with E-state index in [4.69, 9.17) is 14.6 Å². The summed E-state index contributed by atoms with van der Waals surface area (Å²) < 4.78 is 5.14. The average molecular weight is 294 g/mol. The Morgan fingerprint density at radius 3 is 1.95 bits per heavy atom. The van der Waals surface area contributed by atoms with E-state index in [1.807, 2.05) is 31.1 Å². The molecule has 0 aliphatic carbocycles. The maximum absolute atomic E-state index is 10.4. The van der Waals surface area contributed by atoms with Crippen LogP contribution in [-0.4, -0.2) is 24.5 Å². The normalized spacial score (nSPS) is 11.3.